The highest BCUT2D eigenvalue weighted by atomic mass is 19.4. The summed E-state index contributed by atoms with van der Waals surface area (Å²) in [6.07, 6.45) is -6.08. The SMILES string of the molecule is [O]C(=O)C(F)(F)C(F)(F)F. The number of alkyl halides is 5. The molecule has 0 amide bonds. The molecule has 0 fully saturated rings. The monoisotopic (exact) mass is 163 g/mol. The van der Waals surface area contributed by atoms with Gasteiger partial charge in [-0.2, -0.15) is 22.0 Å². The summed E-state index contributed by atoms with van der Waals surface area (Å²) in [6.45, 7) is 0. The van der Waals surface area contributed by atoms with E-state index in [0.29, 0.717) is 0 Å². The molecule has 10 heavy (non-hydrogen) atoms. The van der Waals surface area contributed by atoms with E-state index in [1.54, 1.807) is 0 Å². The Bertz CT molecular complexity index is 147. The highest BCUT2D eigenvalue weighted by molar-refractivity contribution is 5.75. The Kier molecular flexibility index (Phi) is 1.88. The number of hydrogen-bond acceptors (Lipinski definition) is 1. The van der Waals surface area contributed by atoms with E-state index >= 15 is 0 Å². The summed E-state index contributed by atoms with van der Waals surface area (Å²) in [6, 6.07) is 0. The van der Waals surface area contributed by atoms with E-state index in [1.807, 2.05) is 0 Å². The Balaban J connectivity index is 4.57. The third-order valence-corrected chi connectivity index (χ3v) is 0.612. The maximum absolute atomic E-state index is 11.3. The van der Waals surface area contributed by atoms with Crippen LogP contribution in [0.4, 0.5) is 22.0 Å². The van der Waals surface area contributed by atoms with Crippen molar-refractivity contribution in [2.75, 3.05) is 0 Å². The molecule has 0 aromatic carbocycles. The second kappa shape index (κ2) is 2.06. The third kappa shape index (κ3) is 1.34. The lowest BCUT2D eigenvalue weighted by Crippen LogP contribution is -2.43. The van der Waals surface area contributed by atoms with Crippen LogP contribution in [0, 0.1) is 0 Å². The van der Waals surface area contributed by atoms with Gasteiger partial charge in [0, 0.05) is 0 Å². The topological polar surface area (TPSA) is 37.0 Å². The molecular formula is C3F5O2. The highest BCUT2D eigenvalue weighted by Gasteiger charge is 2.65. The predicted molar refractivity (Wildman–Crippen MR) is 16.7 cm³/mol. The lowest BCUT2D eigenvalue weighted by atomic mass is 10.3. The Morgan fingerprint density at radius 3 is 1.30 bits per heavy atom. The van der Waals surface area contributed by atoms with Crippen LogP contribution in [0.1, 0.15) is 0 Å². The Hall–Kier alpha value is -0.880. The molecule has 0 spiro atoms. The van der Waals surface area contributed by atoms with Crippen LogP contribution in [-0.2, 0) is 9.90 Å². The summed E-state index contributed by atoms with van der Waals surface area (Å²) >= 11 is 0. The largest absolute Gasteiger partial charge is 0.465 e. The predicted octanol–water partition coefficient (Wildman–Crippen LogP) is 1.14. The van der Waals surface area contributed by atoms with Crippen LogP contribution < -0.4 is 0 Å². The van der Waals surface area contributed by atoms with Crippen LogP contribution in [-0.4, -0.2) is 18.1 Å². The number of rotatable bonds is 1. The Morgan fingerprint density at radius 1 is 1.00 bits per heavy atom. The fourth-order valence-electron chi connectivity index (χ4n) is 0.116. The average molecular weight is 163 g/mol. The zero-order valence-electron chi connectivity index (χ0n) is 4.21. The fourth-order valence-corrected chi connectivity index (χ4v) is 0.116. The maximum atomic E-state index is 11.3. The first kappa shape index (κ1) is 9.12. The molecule has 0 N–H and O–H groups in total. The van der Waals surface area contributed by atoms with Gasteiger partial charge in [0.05, 0.1) is 0 Å². The molecule has 0 aliphatic carbocycles. The molecule has 7 heteroatoms. The van der Waals surface area contributed by atoms with E-state index in [4.69, 9.17) is 9.90 Å². The second-order valence-electron chi connectivity index (χ2n) is 1.36. The lowest BCUT2D eigenvalue weighted by molar-refractivity contribution is -0.280. The summed E-state index contributed by atoms with van der Waals surface area (Å²) in [4.78, 5) is 9.09. The van der Waals surface area contributed by atoms with E-state index in [2.05, 4.69) is 0 Å². The van der Waals surface area contributed by atoms with E-state index < -0.39 is 18.1 Å². The third-order valence-electron chi connectivity index (χ3n) is 0.612. The van der Waals surface area contributed by atoms with Gasteiger partial charge in [0.2, 0.25) is 0 Å². The Morgan fingerprint density at radius 2 is 1.30 bits per heavy atom. The van der Waals surface area contributed by atoms with Gasteiger partial charge in [-0.3, -0.25) is 0 Å². The van der Waals surface area contributed by atoms with Crippen molar-refractivity contribution in [3.05, 3.63) is 0 Å². The first-order valence-electron chi connectivity index (χ1n) is 1.85. The van der Waals surface area contributed by atoms with Gasteiger partial charge in [-0.05, 0) is 0 Å². The standard InChI is InChI=1S/C3F5O2/c4-2(5,1(9)10)3(6,7)8. The van der Waals surface area contributed by atoms with Crippen LogP contribution in [0.5, 0.6) is 0 Å². The van der Waals surface area contributed by atoms with Crippen LogP contribution in [0.2, 0.25) is 0 Å². The van der Waals surface area contributed by atoms with Gasteiger partial charge in [0.15, 0.2) is 0 Å². The van der Waals surface area contributed by atoms with Crippen molar-refractivity contribution in [2.24, 2.45) is 0 Å². The normalized spacial score (nSPS) is 13.3. The quantitative estimate of drug-likeness (QED) is 0.534. The van der Waals surface area contributed by atoms with Gasteiger partial charge in [0.1, 0.15) is 0 Å². The molecule has 59 valence electrons. The van der Waals surface area contributed by atoms with Crippen molar-refractivity contribution in [3.8, 4) is 0 Å². The van der Waals surface area contributed by atoms with Crippen molar-refractivity contribution in [2.45, 2.75) is 12.1 Å². The molecule has 0 aromatic rings. The first-order valence-corrected chi connectivity index (χ1v) is 1.85. The van der Waals surface area contributed by atoms with Crippen LogP contribution >= 0.6 is 0 Å². The van der Waals surface area contributed by atoms with Crippen molar-refractivity contribution in [1.29, 1.82) is 0 Å². The first-order chi connectivity index (χ1) is 4.19. The van der Waals surface area contributed by atoms with E-state index in [0.717, 1.165) is 0 Å². The molecule has 0 rings (SSSR count). The highest BCUT2D eigenvalue weighted by Crippen LogP contribution is 2.35. The van der Waals surface area contributed by atoms with E-state index in [9.17, 15) is 22.0 Å². The molecular weight excluding hydrogens is 163 g/mol. The van der Waals surface area contributed by atoms with E-state index in [-0.39, 0.29) is 0 Å². The van der Waals surface area contributed by atoms with Gasteiger partial charge in [-0.1, -0.05) is 0 Å². The molecule has 0 heterocycles. The number of carbonyl (C=O) groups is 1. The van der Waals surface area contributed by atoms with Crippen molar-refractivity contribution in [3.63, 3.8) is 0 Å². The van der Waals surface area contributed by atoms with Crippen LogP contribution in [0.15, 0.2) is 0 Å². The van der Waals surface area contributed by atoms with Crippen molar-refractivity contribution in [1.82, 2.24) is 0 Å². The maximum Gasteiger partial charge on any atom is 0.465 e. The molecule has 0 saturated carbocycles. The minimum Gasteiger partial charge on any atom is -0.240 e. The minimum absolute atomic E-state index is 3.44. The van der Waals surface area contributed by atoms with Crippen LogP contribution in [0.25, 0.3) is 0 Å². The number of halogens is 5. The summed E-state index contributed by atoms with van der Waals surface area (Å²) < 4.78 is 55.3. The molecule has 0 aliphatic rings. The summed E-state index contributed by atoms with van der Waals surface area (Å²) in [5.41, 5.74) is 0. The molecule has 0 bridgehead atoms. The lowest BCUT2D eigenvalue weighted by Gasteiger charge is -2.12. The van der Waals surface area contributed by atoms with Crippen molar-refractivity contribution >= 4 is 5.97 Å². The molecule has 0 atom stereocenters. The summed E-state index contributed by atoms with van der Waals surface area (Å²) in [5, 5.41) is 9.09. The molecule has 2 nitrogen and oxygen atoms in total. The number of carbonyl (C=O) groups excluding carboxylic acids is 1. The number of hydrogen-bond donors (Lipinski definition) is 0. The smallest absolute Gasteiger partial charge is 0.240 e. The Labute approximate surface area is 51.3 Å². The van der Waals surface area contributed by atoms with Gasteiger partial charge in [-0.15, -0.1) is 0 Å². The molecule has 0 unspecified atom stereocenters. The average Bonchev–Trinajstić information content (AvgIpc) is 1.62. The summed E-state index contributed by atoms with van der Waals surface area (Å²) in [5.74, 6) is -9.20. The minimum atomic E-state index is -6.08. The zero-order chi connectivity index (χ0) is 8.58. The molecule has 0 aromatic heterocycles. The molecule has 0 saturated heterocycles. The molecule has 0 aliphatic heterocycles. The van der Waals surface area contributed by atoms with Crippen molar-refractivity contribution < 1.29 is 31.9 Å². The second-order valence-corrected chi connectivity index (χ2v) is 1.36. The zero-order valence-corrected chi connectivity index (χ0v) is 4.21. The summed E-state index contributed by atoms with van der Waals surface area (Å²) in [7, 11) is 0. The molecule has 1 radical (unpaired) electrons. The van der Waals surface area contributed by atoms with Gasteiger partial charge >= 0.3 is 18.1 Å². The van der Waals surface area contributed by atoms with Gasteiger partial charge in [0.25, 0.3) is 0 Å². The van der Waals surface area contributed by atoms with Gasteiger partial charge < -0.3 is 0 Å². The van der Waals surface area contributed by atoms with Crippen LogP contribution in [0.3, 0.4) is 0 Å². The van der Waals surface area contributed by atoms with Gasteiger partial charge in [-0.25, -0.2) is 9.90 Å². The fraction of sp³-hybridized carbons (Fsp3) is 0.667. The van der Waals surface area contributed by atoms with E-state index in [1.165, 1.54) is 0 Å².